The fraction of sp³-hybridized carbons (Fsp3) is 0.167. The van der Waals surface area contributed by atoms with Crippen LogP contribution in [0.15, 0.2) is 121 Å². The topological polar surface area (TPSA) is 34.4 Å². The highest BCUT2D eigenvalue weighted by molar-refractivity contribution is 6.49. The molecule has 3 nitrogen and oxygen atoms in total. The molecule has 0 spiro atoms. The molecule has 0 amide bonds. The van der Waals surface area contributed by atoms with Crippen LogP contribution >= 0.6 is 0 Å². The van der Waals surface area contributed by atoms with Crippen LogP contribution in [0, 0.1) is 0 Å². The van der Waals surface area contributed by atoms with Gasteiger partial charge in [0.15, 0.2) is 0 Å². The Morgan fingerprint density at radius 1 is 0.575 bits per heavy atom. The molecule has 40 heavy (non-hydrogen) atoms. The second-order valence-electron chi connectivity index (χ2n) is 11.5. The van der Waals surface area contributed by atoms with E-state index in [0.29, 0.717) is 7.48 Å². The van der Waals surface area contributed by atoms with Crippen molar-refractivity contribution in [3.8, 4) is 27.9 Å². The zero-order chi connectivity index (χ0) is 27.9. The third-order valence-corrected chi connectivity index (χ3v) is 8.28. The van der Waals surface area contributed by atoms with E-state index in [4.69, 9.17) is 4.65 Å². The van der Waals surface area contributed by atoms with E-state index in [9.17, 15) is 5.11 Å². The van der Waals surface area contributed by atoms with Gasteiger partial charge in [-0.15, -0.1) is 0 Å². The minimum atomic E-state index is -0.982. The van der Waals surface area contributed by atoms with Gasteiger partial charge in [-0.3, -0.25) is 0 Å². The second kappa shape index (κ2) is 10.1. The highest BCUT2D eigenvalue weighted by Gasteiger charge is 2.36. The molecule has 0 atom stereocenters. The number of hydrogen-bond acceptors (Lipinski definition) is 2. The zero-order valence-corrected chi connectivity index (χ0v) is 23.6. The Morgan fingerprint density at radius 3 is 1.55 bits per heavy atom. The summed E-state index contributed by atoms with van der Waals surface area (Å²) in [7, 11) is 0.380. The van der Waals surface area contributed by atoms with Gasteiger partial charge in [-0.1, -0.05) is 103 Å². The lowest BCUT2D eigenvalue weighted by Crippen LogP contribution is -2.49. The Labute approximate surface area is 237 Å². The van der Waals surface area contributed by atoms with Gasteiger partial charge in [0.1, 0.15) is 0 Å². The quantitative estimate of drug-likeness (QED) is 0.218. The lowest BCUT2D eigenvalue weighted by molar-refractivity contribution is -0.0893. The Balaban J connectivity index is 1.59. The molecule has 0 fully saturated rings. The highest BCUT2D eigenvalue weighted by atomic mass is 16.5. The molecule has 6 rings (SSSR count). The maximum Gasteiger partial charge on any atom is 0.311 e. The number of benzene rings is 5. The largest absolute Gasteiger partial charge is 0.427 e. The van der Waals surface area contributed by atoms with Gasteiger partial charge in [0.05, 0.1) is 22.2 Å². The van der Waals surface area contributed by atoms with Gasteiger partial charge in [0.2, 0.25) is 0 Å². The third kappa shape index (κ3) is 4.74. The van der Waals surface area contributed by atoms with E-state index in [1.165, 1.54) is 33.0 Å². The summed E-state index contributed by atoms with van der Waals surface area (Å²) in [5, 5.41) is 13.1. The summed E-state index contributed by atoms with van der Waals surface area (Å²) in [6, 6.07) is 43.0. The van der Waals surface area contributed by atoms with Crippen molar-refractivity contribution >= 4 is 34.8 Å². The number of fused-ring (bicyclic) bond motifs is 3. The van der Waals surface area contributed by atoms with Crippen LogP contribution in [-0.4, -0.2) is 28.4 Å². The lowest BCUT2D eigenvalue weighted by atomic mass is 9.81. The van der Waals surface area contributed by atoms with E-state index < -0.39 is 11.2 Å². The third-order valence-electron chi connectivity index (χ3n) is 8.28. The van der Waals surface area contributed by atoms with Crippen molar-refractivity contribution in [2.45, 2.75) is 38.9 Å². The molecule has 1 heterocycles. The first kappa shape index (κ1) is 26.1. The molecule has 4 heteroatoms. The van der Waals surface area contributed by atoms with Gasteiger partial charge in [-0.25, -0.2) is 0 Å². The first-order chi connectivity index (χ1) is 19.2. The van der Waals surface area contributed by atoms with E-state index in [-0.39, 0.29) is 0 Å². The number of nitrogens with zero attached hydrogens (tertiary/aromatic N) is 1. The van der Waals surface area contributed by atoms with Crippen molar-refractivity contribution < 1.29 is 9.76 Å². The summed E-state index contributed by atoms with van der Waals surface area (Å²) in [6.45, 7) is 7.47. The first-order valence-corrected chi connectivity index (χ1v) is 13.9. The molecule has 0 aliphatic heterocycles. The van der Waals surface area contributed by atoms with Crippen LogP contribution in [0.5, 0.6) is 0 Å². The predicted octanol–water partition coefficient (Wildman–Crippen LogP) is 7.66. The maximum atomic E-state index is 10.7. The van der Waals surface area contributed by atoms with E-state index in [1.807, 2.05) is 13.8 Å². The Hall–Kier alpha value is -4.12. The molecule has 1 N–H and O–H groups in total. The highest BCUT2D eigenvalue weighted by Crippen LogP contribution is 2.36. The van der Waals surface area contributed by atoms with Crippen molar-refractivity contribution in [1.29, 1.82) is 0 Å². The molecule has 0 aliphatic rings. The van der Waals surface area contributed by atoms with Gasteiger partial charge in [0.25, 0.3) is 0 Å². The average molecular weight is 523 g/mol. The molecule has 0 radical (unpaired) electrons. The average Bonchev–Trinajstić information content (AvgIpc) is 3.29. The molecule has 5 aromatic carbocycles. The van der Waals surface area contributed by atoms with E-state index >= 15 is 0 Å². The Morgan fingerprint density at radius 2 is 1.05 bits per heavy atom. The second-order valence-corrected chi connectivity index (χ2v) is 11.5. The number of hydrogen-bond donors (Lipinski definition) is 1. The number of para-hydroxylation sites is 1. The fourth-order valence-electron chi connectivity index (χ4n) is 5.18. The van der Waals surface area contributed by atoms with Crippen molar-refractivity contribution in [1.82, 2.24) is 4.57 Å². The van der Waals surface area contributed by atoms with Crippen LogP contribution < -0.4 is 5.46 Å². The van der Waals surface area contributed by atoms with Crippen LogP contribution in [-0.2, 0) is 4.65 Å². The number of aliphatic hydroxyl groups is 1. The first-order valence-electron chi connectivity index (χ1n) is 13.9. The van der Waals surface area contributed by atoms with Crippen LogP contribution in [0.4, 0.5) is 0 Å². The van der Waals surface area contributed by atoms with Gasteiger partial charge in [-0.2, -0.15) is 0 Å². The SMILES string of the molecule is CC(C)(O)C(C)(C)OBc1ccccc1-n1c2cc(-c3ccccc3)ccc2c2ccc(-c3ccccc3)cc21. The minimum Gasteiger partial charge on any atom is -0.427 e. The standard InChI is InChI=1S/C36H34BNO2/c1-35(2,39)36(3,4)40-37-31-17-11-12-18-32(31)38-33-23-27(25-13-7-5-8-14-25)19-21-29(33)30-22-20-28(24-34(30)38)26-15-9-6-10-16-26/h5-24,37,39H,1-4H3. The zero-order valence-electron chi connectivity index (χ0n) is 23.6. The van der Waals surface area contributed by atoms with Crippen LogP contribution in [0.1, 0.15) is 27.7 Å². The van der Waals surface area contributed by atoms with Gasteiger partial charge < -0.3 is 14.3 Å². The van der Waals surface area contributed by atoms with Gasteiger partial charge >= 0.3 is 7.48 Å². The van der Waals surface area contributed by atoms with Gasteiger partial charge in [0, 0.05) is 16.5 Å². The van der Waals surface area contributed by atoms with Crippen molar-refractivity contribution in [3.05, 3.63) is 121 Å². The normalized spacial score (nSPS) is 12.2. The van der Waals surface area contributed by atoms with Crippen molar-refractivity contribution in [2.75, 3.05) is 0 Å². The molecular formula is C36H34BNO2. The molecule has 198 valence electrons. The summed E-state index contributed by atoms with van der Waals surface area (Å²) < 4.78 is 8.74. The molecule has 0 unspecified atom stereocenters. The molecule has 0 aliphatic carbocycles. The summed E-state index contributed by atoms with van der Waals surface area (Å²) in [4.78, 5) is 0. The van der Waals surface area contributed by atoms with E-state index in [0.717, 1.165) is 22.2 Å². The summed E-state index contributed by atoms with van der Waals surface area (Å²) in [5.74, 6) is 0. The number of aromatic nitrogens is 1. The lowest BCUT2D eigenvalue weighted by Gasteiger charge is -2.37. The Bertz CT molecular complexity index is 1700. The molecule has 0 bridgehead atoms. The maximum absolute atomic E-state index is 10.7. The van der Waals surface area contributed by atoms with E-state index in [2.05, 4.69) is 126 Å². The van der Waals surface area contributed by atoms with Crippen molar-refractivity contribution in [2.24, 2.45) is 0 Å². The fourth-order valence-corrected chi connectivity index (χ4v) is 5.18. The molecule has 1 aromatic heterocycles. The van der Waals surface area contributed by atoms with Crippen LogP contribution in [0.3, 0.4) is 0 Å². The summed E-state index contributed by atoms with van der Waals surface area (Å²) >= 11 is 0. The molecule has 0 saturated carbocycles. The Kier molecular flexibility index (Phi) is 6.62. The number of rotatable bonds is 7. The predicted molar refractivity (Wildman–Crippen MR) is 170 cm³/mol. The van der Waals surface area contributed by atoms with Crippen LogP contribution in [0.25, 0.3) is 49.7 Å². The summed E-state index contributed by atoms with van der Waals surface area (Å²) in [6.07, 6.45) is 0. The van der Waals surface area contributed by atoms with Crippen LogP contribution in [0.2, 0.25) is 0 Å². The molecular weight excluding hydrogens is 489 g/mol. The smallest absolute Gasteiger partial charge is 0.311 e. The van der Waals surface area contributed by atoms with Gasteiger partial charge in [-0.05, 0) is 73.6 Å². The molecule has 6 aromatic rings. The summed E-state index contributed by atoms with van der Waals surface area (Å²) in [5.41, 5.74) is 7.47. The minimum absolute atomic E-state index is 0.380. The van der Waals surface area contributed by atoms with E-state index in [1.54, 1.807) is 13.8 Å². The van der Waals surface area contributed by atoms with Crippen molar-refractivity contribution in [3.63, 3.8) is 0 Å². The molecule has 0 saturated heterocycles. The monoisotopic (exact) mass is 523 g/mol.